The number of aromatic nitrogens is 1. The molecule has 2 aromatic rings. The minimum atomic E-state index is -0.386. The van der Waals surface area contributed by atoms with Crippen LogP contribution in [0.2, 0.25) is 0 Å². The number of rotatable bonds is 7. The van der Waals surface area contributed by atoms with Gasteiger partial charge in [-0.25, -0.2) is 4.98 Å². The molecule has 0 aliphatic carbocycles. The second-order valence-corrected chi connectivity index (χ2v) is 7.96. The molecule has 2 heterocycles. The molecule has 1 aromatic carbocycles. The van der Waals surface area contributed by atoms with Crippen molar-refractivity contribution in [3.63, 3.8) is 0 Å². The normalized spacial score (nSPS) is 13.2. The fourth-order valence-electron chi connectivity index (χ4n) is 3.22. The van der Waals surface area contributed by atoms with Crippen LogP contribution in [0.1, 0.15) is 38.8 Å². The van der Waals surface area contributed by atoms with E-state index < -0.39 is 0 Å². The molecule has 0 unspecified atom stereocenters. The highest BCUT2D eigenvalue weighted by Gasteiger charge is 2.23. The number of thiazole rings is 1. The zero-order chi connectivity index (χ0) is 21.5. The first-order valence-corrected chi connectivity index (χ1v) is 10.6. The number of esters is 1. The van der Waals surface area contributed by atoms with Crippen LogP contribution in [-0.2, 0) is 33.7 Å². The van der Waals surface area contributed by atoms with Gasteiger partial charge in [-0.1, -0.05) is 12.1 Å². The van der Waals surface area contributed by atoms with Crippen molar-refractivity contribution in [1.82, 2.24) is 15.2 Å². The monoisotopic (exact) mass is 431 g/mol. The molecule has 1 N–H and O–H groups in total. The lowest BCUT2D eigenvalue weighted by atomic mass is 10.2. The Morgan fingerprint density at radius 1 is 1.17 bits per heavy atom. The van der Waals surface area contributed by atoms with Crippen molar-refractivity contribution < 1.29 is 23.9 Å². The van der Waals surface area contributed by atoms with Gasteiger partial charge < -0.3 is 19.7 Å². The van der Waals surface area contributed by atoms with E-state index in [1.165, 1.54) is 18.4 Å². The molecule has 2 amide bonds. The van der Waals surface area contributed by atoms with Gasteiger partial charge >= 0.3 is 5.97 Å². The summed E-state index contributed by atoms with van der Waals surface area (Å²) in [6.07, 6.45) is 1.48. The van der Waals surface area contributed by atoms with Crippen molar-refractivity contribution in [3.05, 3.63) is 45.4 Å². The SMILES string of the molecule is COC(=O)CCC(=O)N1CCc2nc(C(=O)NCc3cccc(OC)c3)sc2CC1. The largest absolute Gasteiger partial charge is 0.497 e. The molecule has 1 aliphatic heterocycles. The zero-order valence-corrected chi connectivity index (χ0v) is 17.9. The fourth-order valence-corrected chi connectivity index (χ4v) is 4.23. The third-order valence-corrected chi connectivity index (χ3v) is 6.07. The summed E-state index contributed by atoms with van der Waals surface area (Å²) in [6.45, 7) is 1.48. The lowest BCUT2D eigenvalue weighted by Gasteiger charge is -2.19. The summed E-state index contributed by atoms with van der Waals surface area (Å²) < 4.78 is 9.78. The molecule has 30 heavy (non-hydrogen) atoms. The molecule has 3 rings (SSSR count). The average Bonchev–Trinajstić information content (AvgIpc) is 3.08. The van der Waals surface area contributed by atoms with Gasteiger partial charge in [0, 0.05) is 43.8 Å². The molecule has 0 radical (unpaired) electrons. The van der Waals surface area contributed by atoms with Crippen molar-refractivity contribution in [1.29, 1.82) is 0 Å². The van der Waals surface area contributed by atoms with E-state index in [1.54, 1.807) is 12.0 Å². The van der Waals surface area contributed by atoms with E-state index >= 15 is 0 Å². The quantitative estimate of drug-likeness (QED) is 0.673. The molecular weight excluding hydrogens is 406 g/mol. The van der Waals surface area contributed by atoms with Crippen LogP contribution >= 0.6 is 11.3 Å². The number of carbonyl (C=O) groups excluding carboxylic acids is 3. The predicted molar refractivity (Wildman–Crippen MR) is 112 cm³/mol. The summed E-state index contributed by atoms with van der Waals surface area (Å²) in [5, 5.41) is 3.33. The van der Waals surface area contributed by atoms with Crippen LogP contribution in [0.15, 0.2) is 24.3 Å². The summed E-state index contributed by atoms with van der Waals surface area (Å²) >= 11 is 1.38. The van der Waals surface area contributed by atoms with Gasteiger partial charge in [-0.3, -0.25) is 14.4 Å². The molecule has 1 aliphatic rings. The molecule has 8 nitrogen and oxygen atoms in total. The van der Waals surface area contributed by atoms with Crippen LogP contribution in [-0.4, -0.2) is 55.0 Å². The van der Waals surface area contributed by atoms with Crippen LogP contribution in [0, 0.1) is 0 Å². The third kappa shape index (κ3) is 5.56. The molecule has 0 spiro atoms. The zero-order valence-electron chi connectivity index (χ0n) is 17.1. The van der Waals surface area contributed by atoms with Gasteiger partial charge in [0.05, 0.1) is 26.3 Å². The van der Waals surface area contributed by atoms with Crippen molar-refractivity contribution in [2.45, 2.75) is 32.2 Å². The topological polar surface area (TPSA) is 97.8 Å². The van der Waals surface area contributed by atoms with Gasteiger partial charge in [0.15, 0.2) is 5.01 Å². The molecule has 0 atom stereocenters. The van der Waals surface area contributed by atoms with Gasteiger partial charge in [0.25, 0.3) is 5.91 Å². The molecule has 1 aromatic heterocycles. The van der Waals surface area contributed by atoms with Crippen LogP contribution in [0.3, 0.4) is 0 Å². The Labute approximate surface area is 179 Å². The van der Waals surface area contributed by atoms with Crippen LogP contribution < -0.4 is 10.1 Å². The lowest BCUT2D eigenvalue weighted by Crippen LogP contribution is -2.33. The highest BCUT2D eigenvalue weighted by molar-refractivity contribution is 7.13. The maximum absolute atomic E-state index is 12.5. The number of methoxy groups -OCH3 is 2. The minimum absolute atomic E-state index is 0.0631. The Kier molecular flexibility index (Phi) is 7.40. The van der Waals surface area contributed by atoms with Crippen molar-refractivity contribution >= 4 is 29.1 Å². The fraction of sp³-hybridized carbons (Fsp3) is 0.429. The number of carbonyl (C=O) groups is 3. The Hall–Kier alpha value is -2.94. The Morgan fingerprint density at radius 2 is 1.97 bits per heavy atom. The molecule has 9 heteroatoms. The van der Waals surface area contributed by atoms with Crippen LogP contribution in [0.25, 0.3) is 0 Å². The summed E-state index contributed by atoms with van der Waals surface area (Å²) in [6, 6.07) is 7.53. The molecular formula is C21H25N3O5S. The van der Waals surface area contributed by atoms with E-state index in [1.807, 2.05) is 24.3 Å². The molecule has 0 saturated carbocycles. The van der Waals surface area contributed by atoms with E-state index in [0.29, 0.717) is 37.5 Å². The maximum atomic E-state index is 12.5. The number of ether oxygens (including phenoxy) is 2. The van der Waals surface area contributed by atoms with Gasteiger partial charge in [-0.05, 0) is 17.7 Å². The highest BCUT2D eigenvalue weighted by Crippen LogP contribution is 2.23. The van der Waals surface area contributed by atoms with E-state index in [-0.39, 0.29) is 30.6 Å². The average molecular weight is 432 g/mol. The van der Waals surface area contributed by atoms with E-state index in [0.717, 1.165) is 21.9 Å². The predicted octanol–water partition coefficient (Wildman–Crippen LogP) is 1.96. The summed E-state index contributed by atoms with van der Waals surface area (Å²) in [5.74, 6) is 0.0886. The van der Waals surface area contributed by atoms with Crippen LogP contribution in [0.5, 0.6) is 5.75 Å². The van der Waals surface area contributed by atoms with Crippen molar-refractivity contribution in [2.24, 2.45) is 0 Å². The number of hydrogen-bond acceptors (Lipinski definition) is 7. The van der Waals surface area contributed by atoms with Crippen molar-refractivity contribution in [3.8, 4) is 5.75 Å². The number of amides is 2. The molecule has 160 valence electrons. The van der Waals surface area contributed by atoms with Gasteiger partial charge in [0.2, 0.25) is 5.91 Å². The number of nitrogens with one attached hydrogen (secondary N) is 1. The first-order chi connectivity index (χ1) is 14.5. The minimum Gasteiger partial charge on any atom is -0.497 e. The maximum Gasteiger partial charge on any atom is 0.306 e. The first-order valence-electron chi connectivity index (χ1n) is 9.74. The molecule has 0 fully saturated rings. The molecule has 0 saturated heterocycles. The highest BCUT2D eigenvalue weighted by atomic mass is 32.1. The Morgan fingerprint density at radius 3 is 2.73 bits per heavy atom. The van der Waals surface area contributed by atoms with Gasteiger partial charge in [-0.2, -0.15) is 0 Å². The standard InChI is InChI=1S/C21H25N3O5S/c1-28-15-5-3-4-14(12-15)13-22-20(27)21-23-16-8-10-24(11-9-17(16)30-21)18(25)6-7-19(26)29-2/h3-5,12H,6-11,13H2,1-2H3,(H,22,27). The number of fused-ring (bicyclic) bond motifs is 1. The van der Waals surface area contributed by atoms with E-state index in [4.69, 9.17) is 4.74 Å². The number of benzene rings is 1. The number of nitrogens with zero attached hydrogens (tertiary/aromatic N) is 2. The second kappa shape index (κ2) is 10.2. The second-order valence-electron chi connectivity index (χ2n) is 6.88. The Bertz CT molecular complexity index is 902. The summed E-state index contributed by atoms with van der Waals surface area (Å²) in [4.78, 5) is 43.4. The van der Waals surface area contributed by atoms with Crippen LogP contribution in [0.4, 0.5) is 0 Å². The van der Waals surface area contributed by atoms with E-state index in [2.05, 4.69) is 15.0 Å². The third-order valence-electron chi connectivity index (χ3n) is 4.91. The van der Waals surface area contributed by atoms with Gasteiger partial charge in [0.1, 0.15) is 5.75 Å². The molecule has 0 bridgehead atoms. The van der Waals surface area contributed by atoms with Crippen molar-refractivity contribution in [2.75, 3.05) is 27.3 Å². The number of hydrogen-bond donors (Lipinski definition) is 1. The summed E-state index contributed by atoms with van der Waals surface area (Å²) in [5.41, 5.74) is 1.82. The van der Waals surface area contributed by atoms with Gasteiger partial charge in [-0.15, -0.1) is 11.3 Å². The first kappa shape index (κ1) is 21.8. The smallest absolute Gasteiger partial charge is 0.306 e. The summed E-state index contributed by atoms with van der Waals surface area (Å²) in [7, 11) is 2.92. The van der Waals surface area contributed by atoms with E-state index in [9.17, 15) is 14.4 Å². The Balaban J connectivity index is 1.54. The lowest BCUT2D eigenvalue weighted by molar-refractivity contribution is -0.143.